The van der Waals surface area contributed by atoms with Gasteiger partial charge in [-0.05, 0) is 72.1 Å². The van der Waals surface area contributed by atoms with E-state index in [-0.39, 0.29) is 0 Å². The molecular weight excluding hydrogens is 396 g/mol. The third-order valence-corrected chi connectivity index (χ3v) is 6.85. The van der Waals surface area contributed by atoms with Gasteiger partial charge >= 0.3 is 0 Å². The first-order valence-corrected chi connectivity index (χ1v) is 11.7. The molecule has 0 nitrogen and oxygen atoms in total. The highest BCUT2D eigenvalue weighted by molar-refractivity contribution is 6.16. The van der Waals surface area contributed by atoms with E-state index in [0.717, 1.165) is 0 Å². The van der Waals surface area contributed by atoms with Crippen molar-refractivity contribution >= 4 is 32.3 Å². The second-order valence-corrected chi connectivity index (χ2v) is 9.18. The monoisotopic (exact) mass is 422 g/mol. The largest absolute Gasteiger partial charge is 0.0616 e. The smallest absolute Gasteiger partial charge is 0.00266 e. The van der Waals surface area contributed by atoms with Gasteiger partial charge in [0.15, 0.2) is 0 Å². The Bertz CT molecular complexity index is 1620. The van der Waals surface area contributed by atoms with Crippen LogP contribution in [-0.4, -0.2) is 0 Å². The molecule has 0 aromatic heterocycles. The van der Waals surface area contributed by atoms with Crippen LogP contribution < -0.4 is 0 Å². The molecule has 0 heterocycles. The highest BCUT2D eigenvalue weighted by Crippen LogP contribution is 2.42. The van der Waals surface area contributed by atoms with Crippen molar-refractivity contribution in [3.05, 3.63) is 121 Å². The van der Waals surface area contributed by atoms with Crippen LogP contribution in [0.4, 0.5) is 0 Å². The molecule has 158 valence electrons. The van der Waals surface area contributed by atoms with Crippen molar-refractivity contribution in [2.24, 2.45) is 0 Å². The Balaban J connectivity index is 1.72. The summed E-state index contributed by atoms with van der Waals surface area (Å²) in [7, 11) is 0. The molecule has 0 saturated carbocycles. The standard InChI is InChI=1S/C33H26/c1-22(2)23-15-17-25(18-16-23)33-28-12-6-3-9-24(28)19-20-31(33)32-21-26-10-4-5-11-27(26)29-13-7-8-14-30(29)32/h3-22H,1-2H3. The zero-order valence-corrected chi connectivity index (χ0v) is 19.0. The minimum absolute atomic E-state index is 0.524. The lowest BCUT2D eigenvalue weighted by Gasteiger charge is -2.18. The average molecular weight is 423 g/mol. The summed E-state index contributed by atoms with van der Waals surface area (Å²) in [6.07, 6.45) is 0. The highest BCUT2D eigenvalue weighted by Gasteiger charge is 2.15. The van der Waals surface area contributed by atoms with Crippen molar-refractivity contribution in [2.45, 2.75) is 19.8 Å². The lowest BCUT2D eigenvalue weighted by Crippen LogP contribution is -1.92. The number of rotatable bonds is 3. The van der Waals surface area contributed by atoms with Crippen molar-refractivity contribution in [1.29, 1.82) is 0 Å². The summed E-state index contributed by atoms with van der Waals surface area (Å²) in [5.74, 6) is 0.524. The molecule has 0 radical (unpaired) electrons. The maximum Gasteiger partial charge on any atom is -0.00266 e. The van der Waals surface area contributed by atoms with Gasteiger partial charge in [0.1, 0.15) is 0 Å². The summed E-state index contributed by atoms with van der Waals surface area (Å²) in [5.41, 5.74) is 6.52. The fourth-order valence-corrected chi connectivity index (χ4v) is 5.12. The van der Waals surface area contributed by atoms with Gasteiger partial charge in [0.2, 0.25) is 0 Å². The number of fused-ring (bicyclic) bond motifs is 4. The molecule has 0 heteroatoms. The molecule has 0 amide bonds. The maximum atomic E-state index is 2.37. The Kier molecular flexibility index (Phi) is 4.73. The second kappa shape index (κ2) is 7.90. The van der Waals surface area contributed by atoms with Gasteiger partial charge in [0, 0.05) is 0 Å². The van der Waals surface area contributed by atoms with Crippen LogP contribution in [0.3, 0.4) is 0 Å². The molecule has 0 fully saturated rings. The van der Waals surface area contributed by atoms with E-state index in [0.29, 0.717) is 5.92 Å². The molecule has 6 aromatic carbocycles. The summed E-state index contributed by atoms with van der Waals surface area (Å²) in [4.78, 5) is 0. The Morgan fingerprint density at radius 2 is 1.06 bits per heavy atom. The summed E-state index contributed by atoms with van der Waals surface area (Å²) >= 11 is 0. The molecule has 0 spiro atoms. The van der Waals surface area contributed by atoms with E-state index < -0.39 is 0 Å². The molecule has 6 aromatic rings. The zero-order valence-electron chi connectivity index (χ0n) is 19.0. The molecule has 6 rings (SSSR count). The van der Waals surface area contributed by atoms with Crippen LogP contribution in [0.2, 0.25) is 0 Å². The molecule has 0 saturated heterocycles. The Morgan fingerprint density at radius 3 is 1.79 bits per heavy atom. The molecule has 0 atom stereocenters. The van der Waals surface area contributed by atoms with Crippen molar-refractivity contribution in [3.63, 3.8) is 0 Å². The van der Waals surface area contributed by atoms with Crippen LogP contribution in [0, 0.1) is 0 Å². The van der Waals surface area contributed by atoms with Crippen molar-refractivity contribution in [2.75, 3.05) is 0 Å². The molecular formula is C33H26. The van der Waals surface area contributed by atoms with E-state index in [1.807, 2.05) is 0 Å². The lowest BCUT2D eigenvalue weighted by molar-refractivity contribution is 0.867. The lowest BCUT2D eigenvalue weighted by atomic mass is 9.86. The maximum absolute atomic E-state index is 2.37. The van der Waals surface area contributed by atoms with Crippen LogP contribution in [0.1, 0.15) is 25.3 Å². The number of hydrogen-bond acceptors (Lipinski definition) is 0. The van der Waals surface area contributed by atoms with Crippen LogP contribution >= 0.6 is 0 Å². The Labute approximate surface area is 195 Å². The SMILES string of the molecule is CC(C)c1ccc(-c2c(-c3cc4ccccc4c4ccccc34)ccc3ccccc23)cc1. The third kappa shape index (κ3) is 3.31. The minimum Gasteiger partial charge on any atom is -0.0616 e. The summed E-state index contributed by atoms with van der Waals surface area (Å²) in [6.45, 7) is 4.50. The highest BCUT2D eigenvalue weighted by atomic mass is 14.2. The topological polar surface area (TPSA) is 0 Å². The van der Waals surface area contributed by atoms with E-state index in [9.17, 15) is 0 Å². The summed E-state index contributed by atoms with van der Waals surface area (Å²) in [5, 5.41) is 7.76. The van der Waals surface area contributed by atoms with Crippen molar-refractivity contribution in [3.8, 4) is 22.3 Å². The molecule has 0 unspecified atom stereocenters. The van der Waals surface area contributed by atoms with Crippen LogP contribution in [-0.2, 0) is 0 Å². The number of benzene rings is 6. The third-order valence-electron chi connectivity index (χ3n) is 6.85. The van der Waals surface area contributed by atoms with Gasteiger partial charge in [-0.15, -0.1) is 0 Å². The van der Waals surface area contributed by atoms with Gasteiger partial charge in [-0.2, -0.15) is 0 Å². The fourth-order valence-electron chi connectivity index (χ4n) is 5.12. The second-order valence-electron chi connectivity index (χ2n) is 9.18. The molecule has 0 bridgehead atoms. The Hall–Kier alpha value is -3.90. The predicted octanol–water partition coefficient (Wildman–Crippen LogP) is 9.60. The molecule has 0 aliphatic carbocycles. The molecule has 33 heavy (non-hydrogen) atoms. The average Bonchev–Trinajstić information content (AvgIpc) is 2.87. The minimum atomic E-state index is 0.524. The molecule has 0 N–H and O–H groups in total. The van der Waals surface area contributed by atoms with Crippen molar-refractivity contribution < 1.29 is 0 Å². The van der Waals surface area contributed by atoms with Crippen LogP contribution in [0.15, 0.2) is 115 Å². The quantitative estimate of drug-likeness (QED) is 0.249. The summed E-state index contributed by atoms with van der Waals surface area (Å²) < 4.78 is 0. The van der Waals surface area contributed by atoms with E-state index in [4.69, 9.17) is 0 Å². The molecule has 0 aliphatic rings. The van der Waals surface area contributed by atoms with Gasteiger partial charge in [0.05, 0.1) is 0 Å². The van der Waals surface area contributed by atoms with E-state index in [1.54, 1.807) is 0 Å². The number of hydrogen-bond donors (Lipinski definition) is 0. The van der Waals surface area contributed by atoms with Gasteiger partial charge in [-0.25, -0.2) is 0 Å². The summed E-state index contributed by atoms with van der Waals surface area (Å²) in [6, 6.07) is 42.4. The van der Waals surface area contributed by atoms with Crippen molar-refractivity contribution in [1.82, 2.24) is 0 Å². The first kappa shape index (κ1) is 19.8. The van der Waals surface area contributed by atoms with Gasteiger partial charge in [0.25, 0.3) is 0 Å². The fraction of sp³-hybridized carbons (Fsp3) is 0.0909. The molecule has 0 aliphatic heterocycles. The van der Waals surface area contributed by atoms with Crippen LogP contribution in [0.5, 0.6) is 0 Å². The first-order valence-electron chi connectivity index (χ1n) is 11.7. The van der Waals surface area contributed by atoms with Gasteiger partial charge < -0.3 is 0 Å². The predicted molar refractivity (Wildman–Crippen MR) is 144 cm³/mol. The van der Waals surface area contributed by atoms with E-state index in [1.165, 1.54) is 60.1 Å². The van der Waals surface area contributed by atoms with E-state index >= 15 is 0 Å². The van der Waals surface area contributed by atoms with E-state index in [2.05, 4.69) is 129 Å². The first-order chi connectivity index (χ1) is 16.2. The van der Waals surface area contributed by atoms with Gasteiger partial charge in [-0.1, -0.05) is 123 Å². The zero-order chi connectivity index (χ0) is 22.4. The normalized spacial score (nSPS) is 11.6. The Morgan fingerprint density at radius 1 is 0.455 bits per heavy atom. The van der Waals surface area contributed by atoms with Crippen LogP contribution in [0.25, 0.3) is 54.6 Å². The van der Waals surface area contributed by atoms with Gasteiger partial charge in [-0.3, -0.25) is 0 Å².